The van der Waals surface area contributed by atoms with Crippen molar-refractivity contribution in [2.75, 3.05) is 11.9 Å². The number of pyridine rings is 1. The molecule has 2 aromatic carbocycles. The number of hydrogen-bond acceptors (Lipinski definition) is 2. The first-order valence-corrected chi connectivity index (χ1v) is 11.3. The summed E-state index contributed by atoms with van der Waals surface area (Å²) in [6, 6.07) is 19.9. The molecule has 0 saturated carbocycles. The fourth-order valence-corrected chi connectivity index (χ4v) is 3.90. The minimum atomic E-state index is 0.963. The van der Waals surface area contributed by atoms with E-state index in [1.165, 1.54) is 35.2 Å². The summed E-state index contributed by atoms with van der Waals surface area (Å²) in [5, 5.41) is 3.35. The molecular formula is C29H34N2. The Kier molecular flexibility index (Phi) is 8.23. The zero-order valence-electron chi connectivity index (χ0n) is 19.1. The summed E-state index contributed by atoms with van der Waals surface area (Å²) in [4.78, 5) is 4.86. The lowest BCUT2D eigenvalue weighted by molar-refractivity contribution is 0.734. The van der Waals surface area contributed by atoms with Gasteiger partial charge in [0.05, 0.1) is 11.4 Å². The van der Waals surface area contributed by atoms with Gasteiger partial charge in [0.2, 0.25) is 0 Å². The van der Waals surface area contributed by atoms with Crippen LogP contribution < -0.4 is 5.32 Å². The Hall–Kier alpha value is -3.13. The number of nitrogens with zero attached hydrogens (tertiary/aromatic N) is 1. The van der Waals surface area contributed by atoms with Gasteiger partial charge in [-0.25, -0.2) is 4.98 Å². The summed E-state index contributed by atoms with van der Waals surface area (Å²) in [6.07, 6.45) is 10.6. The van der Waals surface area contributed by atoms with E-state index in [0.717, 1.165) is 41.9 Å². The second-order valence-corrected chi connectivity index (χ2v) is 7.96. The summed E-state index contributed by atoms with van der Waals surface area (Å²) in [5.74, 6) is 0. The smallest absolute Gasteiger partial charge is 0.0712 e. The highest BCUT2D eigenvalue weighted by Gasteiger charge is 2.07. The van der Waals surface area contributed by atoms with E-state index in [2.05, 4.69) is 86.4 Å². The topological polar surface area (TPSA) is 24.9 Å². The molecule has 2 heteroatoms. The van der Waals surface area contributed by atoms with Gasteiger partial charge in [-0.15, -0.1) is 0 Å². The van der Waals surface area contributed by atoms with Gasteiger partial charge in [0.1, 0.15) is 0 Å². The van der Waals surface area contributed by atoms with E-state index < -0.39 is 0 Å². The molecule has 3 aromatic rings. The Morgan fingerprint density at radius 1 is 0.935 bits per heavy atom. The molecule has 1 heterocycles. The molecule has 0 amide bonds. The summed E-state index contributed by atoms with van der Waals surface area (Å²) in [5.41, 5.74) is 9.48. The zero-order chi connectivity index (χ0) is 22.1. The fraction of sp³-hybridized carbons (Fsp3) is 0.276. The maximum atomic E-state index is 4.86. The van der Waals surface area contributed by atoms with Crippen LogP contribution in [0, 0.1) is 6.92 Å². The molecule has 0 aliphatic heterocycles. The number of nitrogens with one attached hydrogen (secondary N) is 1. The van der Waals surface area contributed by atoms with Gasteiger partial charge in [-0.05, 0) is 87.4 Å². The number of anilines is 1. The number of allylic oxidation sites excluding steroid dienone is 1. The monoisotopic (exact) mass is 410 g/mol. The van der Waals surface area contributed by atoms with Crippen LogP contribution in [0.1, 0.15) is 54.6 Å². The first-order chi connectivity index (χ1) is 15.1. The number of benzene rings is 2. The highest BCUT2D eigenvalue weighted by molar-refractivity contribution is 5.70. The molecule has 1 N–H and O–H groups in total. The summed E-state index contributed by atoms with van der Waals surface area (Å²) in [6.45, 7) is 11.2. The molecule has 0 saturated heterocycles. The molecule has 160 valence electrons. The van der Waals surface area contributed by atoms with Gasteiger partial charge in [0.25, 0.3) is 0 Å². The summed E-state index contributed by atoms with van der Waals surface area (Å²) < 4.78 is 0. The average molecular weight is 411 g/mol. The van der Waals surface area contributed by atoms with Crippen molar-refractivity contribution in [1.82, 2.24) is 4.98 Å². The molecular weight excluding hydrogens is 376 g/mol. The quantitative estimate of drug-likeness (QED) is 0.346. The van der Waals surface area contributed by atoms with Gasteiger partial charge in [-0.3, -0.25) is 0 Å². The van der Waals surface area contributed by atoms with Gasteiger partial charge < -0.3 is 5.32 Å². The van der Waals surface area contributed by atoms with E-state index in [-0.39, 0.29) is 0 Å². The number of aromatic nitrogens is 1. The molecule has 0 radical (unpaired) electrons. The average Bonchev–Trinajstić information content (AvgIpc) is 2.78. The Bertz CT molecular complexity index is 1010. The van der Waals surface area contributed by atoms with Crippen LogP contribution in [0.4, 0.5) is 5.69 Å². The van der Waals surface area contributed by atoms with Gasteiger partial charge in [0.15, 0.2) is 0 Å². The van der Waals surface area contributed by atoms with E-state index in [1.807, 2.05) is 19.1 Å². The van der Waals surface area contributed by atoms with Crippen LogP contribution in [0.3, 0.4) is 0 Å². The van der Waals surface area contributed by atoms with E-state index in [4.69, 9.17) is 4.98 Å². The van der Waals surface area contributed by atoms with Crippen molar-refractivity contribution in [2.45, 2.75) is 46.5 Å². The van der Waals surface area contributed by atoms with E-state index in [1.54, 1.807) is 0 Å². The zero-order valence-corrected chi connectivity index (χ0v) is 19.1. The number of unbranched alkanes of at least 4 members (excludes halogenated alkanes) is 1. The largest absolute Gasteiger partial charge is 0.385 e. The molecule has 3 rings (SSSR count). The molecule has 0 unspecified atom stereocenters. The van der Waals surface area contributed by atoms with Crippen LogP contribution >= 0.6 is 0 Å². The van der Waals surface area contributed by atoms with Crippen LogP contribution in [0.2, 0.25) is 0 Å². The Morgan fingerprint density at radius 2 is 1.55 bits per heavy atom. The Balaban J connectivity index is 1.57. The van der Waals surface area contributed by atoms with Gasteiger partial charge in [0, 0.05) is 23.4 Å². The lowest BCUT2D eigenvalue weighted by atomic mass is 10.00. The molecule has 0 bridgehead atoms. The van der Waals surface area contributed by atoms with Gasteiger partial charge >= 0.3 is 0 Å². The first kappa shape index (κ1) is 22.6. The molecule has 2 nitrogen and oxygen atoms in total. The minimum Gasteiger partial charge on any atom is -0.385 e. The fourth-order valence-electron chi connectivity index (χ4n) is 3.90. The standard InChI is InChI=1S/C29H34N2/c1-5-10-28-27(6-2)22(4)21-29(31-28)25-17-13-23(14-18-25)11-8-9-12-24-15-19-26(20-16-24)30-7-3/h5-6,10,13-21,30H,2,7-9,11-12H2,1,3-4H3/b10-5-. The van der Waals surface area contributed by atoms with Crippen LogP contribution in [0.15, 0.2) is 67.3 Å². The highest BCUT2D eigenvalue weighted by atomic mass is 14.8. The molecule has 1 aromatic heterocycles. The second-order valence-electron chi connectivity index (χ2n) is 7.96. The molecule has 0 spiro atoms. The third-order valence-electron chi connectivity index (χ3n) is 5.59. The van der Waals surface area contributed by atoms with E-state index in [0.29, 0.717) is 0 Å². The van der Waals surface area contributed by atoms with Gasteiger partial charge in [-0.1, -0.05) is 55.1 Å². The highest BCUT2D eigenvalue weighted by Crippen LogP contribution is 2.25. The van der Waals surface area contributed by atoms with Crippen LogP contribution in [0.5, 0.6) is 0 Å². The molecule has 0 atom stereocenters. The predicted octanol–water partition coefficient (Wildman–Crippen LogP) is 7.73. The van der Waals surface area contributed by atoms with Crippen molar-refractivity contribution in [3.05, 3.63) is 95.2 Å². The molecule has 0 fully saturated rings. The number of hydrogen-bond donors (Lipinski definition) is 1. The van der Waals surface area contributed by atoms with Crippen molar-refractivity contribution < 1.29 is 0 Å². The molecule has 0 aliphatic rings. The predicted molar refractivity (Wildman–Crippen MR) is 136 cm³/mol. The van der Waals surface area contributed by atoms with E-state index >= 15 is 0 Å². The maximum Gasteiger partial charge on any atom is 0.0712 e. The second kappa shape index (κ2) is 11.3. The summed E-state index contributed by atoms with van der Waals surface area (Å²) >= 11 is 0. The maximum absolute atomic E-state index is 4.86. The molecule has 31 heavy (non-hydrogen) atoms. The van der Waals surface area contributed by atoms with Crippen molar-refractivity contribution in [3.63, 3.8) is 0 Å². The number of rotatable bonds is 10. The van der Waals surface area contributed by atoms with Crippen molar-refractivity contribution in [1.29, 1.82) is 0 Å². The Morgan fingerprint density at radius 3 is 2.10 bits per heavy atom. The van der Waals surface area contributed by atoms with Gasteiger partial charge in [-0.2, -0.15) is 0 Å². The van der Waals surface area contributed by atoms with E-state index in [9.17, 15) is 0 Å². The number of aryl methyl sites for hydroxylation is 3. The van der Waals surface area contributed by atoms with Crippen molar-refractivity contribution in [2.24, 2.45) is 0 Å². The van der Waals surface area contributed by atoms with Crippen LogP contribution in [-0.4, -0.2) is 11.5 Å². The SMILES string of the molecule is C=Cc1c(C)cc(-c2ccc(CCCCc3ccc(NCC)cc3)cc2)nc1/C=C\C. The third-order valence-corrected chi connectivity index (χ3v) is 5.59. The van der Waals surface area contributed by atoms with Crippen LogP contribution in [-0.2, 0) is 12.8 Å². The Labute approximate surface area is 187 Å². The van der Waals surface area contributed by atoms with Crippen LogP contribution in [0.25, 0.3) is 23.4 Å². The lowest BCUT2D eigenvalue weighted by Crippen LogP contribution is -1.96. The summed E-state index contributed by atoms with van der Waals surface area (Å²) in [7, 11) is 0. The molecule has 0 aliphatic carbocycles. The third kappa shape index (κ3) is 6.18. The lowest BCUT2D eigenvalue weighted by Gasteiger charge is -2.10. The van der Waals surface area contributed by atoms with Crippen molar-refractivity contribution in [3.8, 4) is 11.3 Å². The van der Waals surface area contributed by atoms with Crippen molar-refractivity contribution >= 4 is 17.8 Å². The first-order valence-electron chi connectivity index (χ1n) is 11.3. The normalized spacial score (nSPS) is 11.1. The minimum absolute atomic E-state index is 0.963.